The van der Waals surface area contributed by atoms with Crippen LogP contribution < -0.4 is 5.32 Å². The van der Waals surface area contributed by atoms with E-state index in [0.717, 1.165) is 33.6 Å². The van der Waals surface area contributed by atoms with Crippen LogP contribution in [0.25, 0.3) is 0 Å². The average Bonchev–Trinajstić information content (AvgIpc) is 2.42. The van der Waals surface area contributed by atoms with Gasteiger partial charge in [-0.2, -0.15) is 0 Å². The second-order valence-corrected chi connectivity index (χ2v) is 7.28. The highest BCUT2D eigenvalue weighted by Crippen LogP contribution is 2.26. The number of benzene rings is 1. The molecule has 1 amide bonds. The minimum Gasteiger partial charge on any atom is -0.324 e. The maximum absolute atomic E-state index is 12.3. The van der Waals surface area contributed by atoms with E-state index in [4.69, 9.17) is 0 Å². The highest BCUT2D eigenvalue weighted by Gasteiger charge is 2.25. The van der Waals surface area contributed by atoms with Crippen LogP contribution in [0.5, 0.6) is 0 Å². The zero-order valence-electron chi connectivity index (χ0n) is 11.8. The molecule has 1 heterocycles. The molecule has 1 saturated heterocycles. The highest BCUT2D eigenvalue weighted by atomic mass is 79.9. The highest BCUT2D eigenvalue weighted by molar-refractivity contribution is 9.11. The van der Waals surface area contributed by atoms with Crippen molar-refractivity contribution in [2.24, 2.45) is 5.92 Å². The number of likely N-dealkylation sites (tertiary alicyclic amines) is 1. The third kappa shape index (κ3) is 4.06. The third-order valence-electron chi connectivity index (χ3n) is 3.93. The molecule has 0 aliphatic carbocycles. The van der Waals surface area contributed by atoms with Gasteiger partial charge in [-0.15, -0.1) is 0 Å². The summed E-state index contributed by atoms with van der Waals surface area (Å²) in [5.41, 5.74) is 0.815. The van der Waals surface area contributed by atoms with E-state index < -0.39 is 0 Å². The lowest BCUT2D eigenvalue weighted by molar-refractivity contribution is -0.121. The molecule has 2 rings (SSSR count). The van der Waals surface area contributed by atoms with Crippen LogP contribution >= 0.6 is 31.9 Å². The number of hydrogen-bond donors (Lipinski definition) is 1. The molecular weight excluding hydrogens is 384 g/mol. The van der Waals surface area contributed by atoms with Crippen molar-refractivity contribution >= 4 is 43.5 Å². The quantitative estimate of drug-likeness (QED) is 0.817. The lowest BCUT2D eigenvalue weighted by atomic mass is 9.98. The number of carbonyl (C=O) groups excluding carboxylic acids is 1. The van der Waals surface area contributed by atoms with E-state index >= 15 is 0 Å². The first kappa shape index (κ1) is 16.0. The van der Waals surface area contributed by atoms with Gasteiger partial charge >= 0.3 is 0 Å². The average molecular weight is 404 g/mol. The Morgan fingerprint density at radius 3 is 2.60 bits per heavy atom. The van der Waals surface area contributed by atoms with Crippen LogP contribution in [0.4, 0.5) is 5.69 Å². The Balaban J connectivity index is 1.97. The molecule has 0 saturated carbocycles. The van der Waals surface area contributed by atoms with E-state index in [1.807, 2.05) is 25.1 Å². The number of nitrogens with zero attached hydrogens (tertiary/aromatic N) is 1. The van der Waals surface area contributed by atoms with Crippen LogP contribution in [-0.4, -0.2) is 29.9 Å². The van der Waals surface area contributed by atoms with Crippen molar-refractivity contribution in [2.75, 3.05) is 18.4 Å². The molecule has 110 valence electrons. The van der Waals surface area contributed by atoms with Gasteiger partial charge in [0.15, 0.2) is 0 Å². The summed E-state index contributed by atoms with van der Waals surface area (Å²) < 4.78 is 1.88. The summed E-state index contributed by atoms with van der Waals surface area (Å²) in [6.45, 7) is 6.29. The van der Waals surface area contributed by atoms with Crippen LogP contribution in [0.15, 0.2) is 27.1 Å². The van der Waals surface area contributed by atoms with E-state index in [1.165, 1.54) is 12.8 Å². The molecule has 0 bridgehead atoms. The number of hydrogen-bond acceptors (Lipinski definition) is 2. The van der Waals surface area contributed by atoms with Crippen LogP contribution in [0.3, 0.4) is 0 Å². The summed E-state index contributed by atoms with van der Waals surface area (Å²) in [4.78, 5) is 14.6. The maximum atomic E-state index is 12.3. The van der Waals surface area contributed by atoms with Gasteiger partial charge in [-0.3, -0.25) is 9.69 Å². The first-order valence-corrected chi connectivity index (χ1v) is 8.56. The minimum absolute atomic E-state index is 0.0579. The zero-order valence-corrected chi connectivity index (χ0v) is 15.0. The van der Waals surface area contributed by atoms with Gasteiger partial charge in [-0.25, -0.2) is 0 Å². The predicted octanol–water partition coefficient (Wildman–Crippen LogP) is 4.27. The number of nitrogens with one attached hydrogen (secondary N) is 1. The summed E-state index contributed by atoms with van der Waals surface area (Å²) in [6, 6.07) is 5.67. The van der Waals surface area contributed by atoms with Gasteiger partial charge in [0.1, 0.15) is 0 Å². The molecule has 1 aromatic carbocycles. The molecule has 1 aliphatic heterocycles. The number of anilines is 1. The lowest BCUT2D eigenvalue weighted by Gasteiger charge is -2.34. The van der Waals surface area contributed by atoms with Crippen molar-refractivity contribution in [3.8, 4) is 0 Å². The predicted molar refractivity (Wildman–Crippen MR) is 89.9 cm³/mol. The summed E-state index contributed by atoms with van der Waals surface area (Å²) in [5.74, 6) is 0.838. The largest absolute Gasteiger partial charge is 0.324 e. The number of amides is 1. The number of rotatable bonds is 3. The van der Waals surface area contributed by atoms with E-state index in [2.05, 4.69) is 49.0 Å². The topological polar surface area (TPSA) is 32.3 Å². The molecule has 1 fully saturated rings. The van der Waals surface area contributed by atoms with E-state index in [-0.39, 0.29) is 11.9 Å². The normalized spacial score (nSPS) is 18.8. The van der Waals surface area contributed by atoms with Gasteiger partial charge < -0.3 is 5.32 Å². The molecule has 0 aromatic heterocycles. The molecule has 1 unspecified atom stereocenters. The minimum atomic E-state index is -0.0851. The standard InChI is InChI=1S/C15H20Br2N2O/c1-10-5-7-19(8-6-10)11(2)15(20)18-14-4-3-12(16)9-13(14)17/h3-4,9-11H,5-8H2,1-2H3,(H,18,20). The second kappa shape index (κ2) is 7.05. The molecule has 1 aromatic rings. The van der Waals surface area contributed by atoms with Crippen molar-refractivity contribution in [3.05, 3.63) is 27.1 Å². The molecule has 5 heteroatoms. The van der Waals surface area contributed by atoms with Crippen molar-refractivity contribution < 1.29 is 4.79 Å². The Bertz CT molecular complexity index is 485. The first-order chi connectivity index (χ1) is 9.47. The molecule has 3 nitrogen and oxygen atoms in total. The monoisotopic (exact) mass is 402 g/mol. The van der Waals surface area contributed by atoms with Crippen molar-refractivity contribution in [3.63, 3.8) is 0 Å². The fourth-order valence-electron chi connectivity index (χ4n) is 2.41. The Morgan fingerprint density at radius 2 is 2.00 bits per heavy atom. The van der Waals surface area contributed by atoms with E-state index in [9.17, 15) is 4.79 Å². The van der Waals surface area contributed by atoms with Crippen molar-refractivity contribution in [1.82, 2.24) is 4.90 Å². The van der Waals surface area contributed by atoms with Gasteiger partial charge in [0.05, 0.1) is 11.7 Å². The third-order valence-corrected chi connectivity index (χ3v) is 5.08. The number of piperidine rings is 1. The van der Waals surface area contributed by atoms with Gasteiger partial charge in [-0.05, 0) is 72.9 Å². The number of halogens is 2. The molecule has 0 radical (unpaired) electrons. The van der Waals surface area contributed by atoms with Crippen LogP contribution in [0.2, 0.25) is 0 Å². The summed E-state index contributed by atoms with van der Waals surface area (Å²) in [6.07, 6.45) is 2.36. The van der Waals surface area contributed by atoms with E-state index in [0.29, 0.717) is 0 Å². The fraction of sp³-hybridized carbons (Fsp3) is 0.533. The van der Waals surface area contributed by atoms with Crippen molar-refractivity contribution in [2.45, 2.75) is 32.7 Å². The van der Waals surface area contributed by atoms with E-state index in [1.54, 1.807) is 0 Å². The molecular formula is C15H20Br2N2O. The van der Waals surface area contributed by atoms with Crippen molar-refractivity contribution in [1.29, 1.82) is 0 Å². The van der Waals surface area contributed by atoms with Gasteiger partial charge in [0.25, 0.3) is 0 Å². The maximum Gasteiger partial charge on any atom is 0.241 e. The summed E-state index contributed by atoms with van der Waals surface area (Å²) in [7, 11) is 0. The Hall–Kier alpha value is -0.390. The second-order valence-electron chi connectivity index (χ2n) is 5.51. The summed E-state index contributed by atoms with van der Waals surface area (Å²) >= 11 is 6.88. The van der Waals surface area contributed by atoms with Crippen LogP contribution in [0, 0.1) is 5.92 Å². The fourth-order valence-corrected chi connectivity index (χ4v) is 3.56. The summed E-state index contributed by atoms with van der Waals surface area (Å²) in [5, 5.41) is 3.00. The molecule has 1 N–H and O–H groups in total. The Morgan fingerprint density at radius 1 is 1.35 bits per heavy atom. The Kier molecular flexibility index (Phi) is 5.64. The van der Waals surface area contributed by atoms with Gasteiger partial charge in [0.2, 0.25) is 5.91 Å². The first-order valence-electron chi connectivity index (χ1n) is 6.97. The van der Waals surface area contributed by atoms with Gasteiger partial charge in [0, 0.05) is 8.95 Å². The van der Waals surface area contributed by atoms with Crippen LogP contribution in [0.1, 0.15) is 26.7 Å². The number of carbonyl (C=O) groups is 1. The molecule has 1 atom stereocenters. The SMILES string of the molecule is CC1CCN(C(C)C(=O)Nc2ccc(Br)cc2Br)CC1. The molecule has 0 spiro atoms. The van der Waals surface area contributed by atoms with Crippen LogP contribution in [-0.2, 0) is 4.79 Å². The molecule has 1 aliphatic rings. The zero-order chi connectivity index (χ0) is 14.7. The smallest absolute Gasteiger partial charge is 0.241 e. The lowest BCUT2D eigenvalue weighted by Crippen LogP contribution is -2.45. The molecule has 20 heavy (non-hydrogen) atoms. The van der Waals surface area contributed by atoms with Gasteiger partial charge in [-0.1, -0.05) is 22.9 Å². The Labute approximate surface area is 137 Å².